The third-order valence-electron chi connectivity index (χ3n) is 6.06. The molecule has 7 heteroatoms. The van der Waals surface area contributed by atoms with Gasteiger partial charge in [-0.25, -0.2) is 9.78 Å². The number of para-hydroxylation sites is 1. The molecular formula is C21H27N3O4. The van der Waals surface area contributed by atoms with Crippen LogP contribution in [0.2, 0.25) is 0 Å². The van der Waals surface area contributed by atoms with E-state index in [0.29, 0.717) is 12.4 Å². The van der Waals surface area contributed by atoms with Crippen LogP contribution in [0.5, 0.6) is 0 Å². The minimum atomic E-state index is -0.953. The van der Waals surface area contributed by atoms with Crippen LogP contribution < -0.4 is 5.32 Å². The molecule has 0 spiro atoms. The molecule has 2 aliphatic heterocycles. The SMILES string of the molecule is Cc1c(C(=O)O)c(NCC2(N3CCOCC3)CCOCC2)nc2ccccc12. The van der Waals surface area contributed by atoms with Crippen molar-refractivity contribution >= 4 is 22.7 Å². The van der Waals surface area contributed by atoms with Crippen molar-refractivity contribution in [2.45, 2.75) is 25.3 Å². The maximum atomic E-state index is 12.0. The van der Waals surface area contributed by atoms with Crippen LogP contribution in [0.3, 0.4) is 0 Å². The van der Waals surface area contributed by atoms with E-state index in [0.717, 1.165) is 68.8 Å². The number of aryl methyl sites for hydroxylation is 1. The number of pyridine rings is 1. The van der Waals surface area contributed by atoms with Crippen molar-refractivity contribution < 1.29 is 19.4 Å². The summed E-state index contributed by atoms with van der Waals surface area (Å²) in [6, 6.07) is 7.67. The molecule has 0 bridgehead atoms. The number of aromatic carboxylic acids is 1. The van der Waals surface area contributed by atoms with Crippen LogP contribution in [0.4, 0.5) is 5.82 Å². The molecule has 7 nitrogen and oxygen atoms in total. The predicted molar refractivity (Wildman–Crippen MR) is 107 cm³/mol. The number of aromatic nitrogens is 1. The number of anilines is 1. The first-order valence-corrected chi connectivity index (χ1v) is 9.88. The molecule has 28 heavy (non-hydrogen) atoms. The summed E-state index contributed by atoms with van der Waals surface area (Å²) in [6.07, 6.45) is 1.82. The lowest BCUT2D eigenvalue weighted by molar-refractivity contribution is -0.0653. The molecule has 2 N–H and O–H groups in total. The smallest absolute Gasteiger partial charge is 0.339 e. The van der Waals surface area contributed by atoms with Gasteiger partial charge in [0.15, 0.2) is 0 Å². The van der Waals surface area contributed by atoms with Crippen molar-refractivity contribution in [3.63, 3.8) is 0 Å². The zero-order valence-corrected chi connectivity index (χ0v) is 16.2. The van der Waals surface area contributed by atoms with Crippen LogP contribution in [0.1, 0.15) is 28.8 Å². The first-order chi connectivity index (χ1) is 13.6. The standard InChI is InChI=1S/C21H27N3O4/c1-15-16-4-2-3-5-17(16)23-19(18(15)20(25)26)22-14-21(6-10-27-11-7-21)24-8-12-28-13-9-24/h2-5H,6-14H2,1H3,(H,22,23)(H,25,26). The van der Waals surface area contributed by atoms with Crippen molar-refractivity contribution in [1.82, 2.24) is 9.88 Å². The summed E-state index contributed by atoms with van der Waals surface area (Å²) in [4.78, 5) is 19.1. The van der Waals surface area contributed by atoms with Crippen LogP contribution in [-0.4, -0.2) is 72.6 Å². The number of hydrogen-bond donors (Lipinski definition) is 2. The minimum Gasteiger partial charge on any atom is -0.478 e. The molecule has 0 unspecified atom stereocenters. The Balaban J connectivity index is 1.66. The summed E-state index contributed by atoms with van der Waals surface area (Å²) in [6.45, 7) is 7.16. The zero-order chi connectivity index (χ0) is 19.6. The largest absolute Gasteiger partial charge is 0.478 e. The molecule has 1 aromatic heterocycles. The van der Waals surface area contributed by atoms with Gasteiger partial charge in [0.25, 0.3) is 0 Å². The summed E-state index contributed by atoms with van der Waals surface area (Å²) in [5, 5.41) is 14.1. The fourth-order valence-electron chi connectivity index (χ4n) is 4.41. The summed E-state index contributed by atoms with van der Waals surface area (Å²) < 4.78 is 11.1. The van der Waals surface area contributed by atoms with Crippen molar-refractivity contribution in [3.05, 3.63) is 35.4 Å². The Morgan fingerprint density at radius 2 is 1.86 bits per heavy atom. The highest BCUT2D eigenvalue weighted by molar-refractivity contribution is 6.01. The van der Waals surface area contributed by atoms with Gasteiger partial charge < -0.3 is 19.9 Å². The van der Waals surface area contributed by atoms with E-state index in [1.165, 1.54) is 0 Å². The molecule has 4 rings (SSSR count). The Bertz CT molecular complexity index is 858. The Morgan fingerprint density at radius 3 is 2.57 bits per heavy atom. The number of nitrogens with zero attached hydrogens (tertiary/aromatic N) is 2. The van der Waals surface area contributed by atoms with Gasteiger partial charge in [-0.3, -0.25) is 4.90 Å². The molecule has 2 aromatic rings. The average Bonchev–Trinajstić information content (AvgIpc) is 2.73. The molecule has 150 valence electrons. The Morgan fingerprint density at radius 1 is 1.18 bits per heavy atom. The summed E-state index contributed by atoms with van der Waals surface area (Å²) in [5.74, 6) is -0.506. The van der Waals surface area contributed by atoms with Gasteiger partial charge in [0, 0.05) is 43.8 Å². The highest BCUT2D eigenvalue weighted by Crippen LogP contribution is 2.31. The Hall–Kier alpha value is -2.22. The number of benzene rings is 1. The number of hydrogen-bond acceptors (Lipinski definition) is 6. The number of carboxylic acids is 1. The third-order valence-corrected chi connectivity index (χ3v) is 6.06. The van der Waals surface area contributed by atoms with E-state index in [1.54, 1.807) is 0 Å². The van der Waals surface area contributed by atoms with E-state index in [2.05, 4.69) is 15.2 Å². The van der Waals surface area contributed by atoms with Gasteiger partial charge in [0.1, 0.15) is 11.4 Å². The maximum absolute atomic E-state index is 12.0. The lowest BCUT2D eigenvalue weighted by Crippen LogP contribution is -2.59. The Kier molecular flexibility index (Phi) is 5.48. The molecule has 2 saturated heterocycles. The van der Waals surface area contributed by atoms with Gasteiger partial charge in [0.05, 0.1) is 18.7 Å². The number of rotatable bonds is 5. The zero-order valence-electron chi connectivity index (χ0n) is 16.2. The van der Waals surface area contributed by atoms with E-state index < -0.39 is 5.97 Å². The quantitative estimate of drug-likeness (QED) is 0.818. The molecule has 2 fully saturated rings. The molecule has 0 aliphatic carbocycles. The summed E-state index contributed by atoms with van der Waals surface area (Å²) in [7, 11) is 0. The molecule has 0 radical (unpaired) electrons. The Labute approximate surface area is 164 Å². The molecule has 0 amide bonds. The van der Waals surface area contributed by atoms with Gasteiger partial charge in [-0.05, 0) is 31.4 Å². The first-order valence-electron chi connectivity index (χ1n) is 9.88. The van der Waals surface area contributed by atoms with Gasteiger partial charge in [0.2, 0.25) is 0 Å². The van der Waals surface area contributed by atoms with Crippen LogP contribution in [0, 0.1) is 6.92 Å². The molecule has 0 saturated carbocycles. The van der Waals surface area contributed by atoms with Crippen molar-refractivity contribution in [1.29, 1.82) is 0 Å². The highest BCUT2D eigenvalue weighted by atomic mass is 16.5. The van der Waals surface area contributed by atoms with E-state index in [-0.39, 0.29) is 11.1 Å². The van der Waals surface area contributed by atoms with Crippen molar-refractivity contribution in [2.75, 3.05) is 51.4 Å². The molecule has 2 aliphatic rings. The second-order valence-electron chi connectivity index (χ2n) is 7.57. The highest BCUT2D eigenvalue weighted by Gasteiger charge is 2.39. The summed E-state index contributed by atoms with van der Waals surface area (Å²) >= 11 is 0. The van der Waals surface area contributed by atoms with E-state index in [4.69, 9.17) is 9.47 Å². The number of carboxylic acid groups (broad SMARTS) is 1. The van der Waals surface area contributed by atoms with E-state index >= 15 is 0 Å². The third kappa shape index (κ3) is 3.57. The van der Waals surface area contributed by atoms with Gasteiger partial charge >= 0.3 is 5.97 Å². The topological polar surface area (TPSA) is 83.9 Å². The van der Waals surface area contributed by atoms with Crippen molar-refractivity contribution in [3.8, 4) is 0 Å². The minimum absolute atomic E-state index is 0.0704. The predicted octanol–water partition coefficient (Wildman–Crippen LogP) is 2.53. The van der Waals surface area contributed by atoms with E-state index in [9.17, 15) is 9.90 Å². The normalized spacial score (nSPS) is 20.2. The van der Waals surface area contributed by atoms with Crippen LogP contribution in [0.15, 0.2) is 24.3 Å². The average molecular weight is 385 g/mol. The fraction of sp³-hybridized carbons (Fsp3) is 0.524. The number of fused-ring (bicyclic) bond motifs is 1. The molecule has 1 aromatic carbocycles. The van der Waals surface area contributed by atoms with Crippen LogP contribution in [-0.2, 0) is 9.47 Å². The lowest BCUT2D eigenvalue weighted by Gasteiger charge is -2.48. The van der Waals surface area contributed by atoms with Crippen LogP contribution >= 0.6 is 0 Å². The van der Waals surface area contributed by atoms with Crippen molar-refractivity contribution in [2.24, 2.45) is 0 Å². The number of morpholine rings is 1. The van der Waals surface area contributed by atoms with Gasteiger partial charge in [-0.1, -0.05) is 18.2 Å². The van der Waals surface area contributed by atoms with Gasteiger partial charge in [-0.15, -0.1) is 0 Å². The van der Waals surface area contributed by atoms with Gasteiger partial charge in [-0.2, -0.15) is 0 Å². The first kappa shape index (κ1) is 19.1. The molecule has 0 atom stereocenters. The maximum Gasteiger partial charge on any atom is 0.339 e. The second-order valence-corrected chi connectivity index (χ2v) is 7.57. The number of carbonyl (C=O) groups is 1. The fourth-order valence-corrected chi connectivity index (χ4v) is 4.41. The monoisotopic (exact) mass is 385 g/mol. The van der Waals surface area contributed by atoms with E-state index in [1.807, 2.05) is 31.2 Å². The summed E-state index contributed by atoms with van der Waals surface area (Å²) in [5.41, 5.74) is 1.73. The number of nitrogens with one attached hydrogen (secondary N) is 1. The van der Waals surface area contributed by atoms with Crippen LogP contribution in [0.25, 0.3) is 10.9 Å². The lowest BCUT2D eigenvalue weighted by atomic mass is 9.87. The molecule has 3 heterocycles. The molecular weight excluding hydrogens is 358 g/mol. The second kappa shape index (κ2) is 8.03. The number of ether oxygens (including phenoxy) is 2.